The van der Waals surface area contributed by atoms with Crippen molar-refractivity contribution in [3.05, 3.63) is 82.7 Å². The van der Waals surface area contributed by atoms with Crippen LogP contribution in [-0.4, -0.2) is 12.5 Å². The molecule has 4 rings (SSSR count). The molecule has 6 nitrogen and oxygen atoms in total. The van der Waals surface area contributed by atoms with E-state index in [0.717, 1.165) is 12.1 Å². The summed E-state index contributed by atoms with van der Waals surface area (Å²) >= 11 is 0. The second-order valence-electron chi connectivity index (χ2n) is 6.48. The van der Waals surface area contributed by atoms with Crippen LogP contribution >= 0.6 is 0 Å². The van der Waals surface area contributed by atoms with Gasteiger partial charge in [-0.15, -0.1) is 0 Å². The lowest BCUT2D eigenvalue weighted by Gasteiger charge is -2.12. The second-order valence-corrected chi connectivity index (χ2v) is 6.48. The van der Waals surface area contributed by atoms with E-state index in [1.54, 1.807) is 36.4 Å². The molecule has 0 aliphatic rings. The first-order valence-corrected chi connectivity index (χ1v) is 9.02. The fraction of sp³-hybridized carbons (Fsp3) is 0.0909. The third-order valence-electron chi connectivity index (χ3n) is 4.32. The third kappa shape index (κ3) is 4.30. The highest BCUT2D eigenvalue weighted by Crippen LogP contribution is 2.32. The molecular formula is C22H14F3NO5. The zero-order valence-electron chi connectivity index (χ0n) is 15.7. The van der Waals surface area contributed by atoms with Crippen LogP contribution in [0, 0.1) is 0 Å². The Kier molecular flexibility index (Phi) is 5.24. The Morgan fingerprint density at radius 1 is 1.03 bits per heavy atom. The van der Waals surface area contributed by atoms with Gasteiger partial charge in [0.25, 0.3) is 5.91 Å². The smallest absolute Gasteiger partial charge is 0.416 e. The van der Waals surface area contributed by atoms with E-state index in [9.17, 15) is 22.8 Å². The first kappa shape index (κ1) is 20.3. The van der Waals surface area contributed by atoms with Gasteiger partial charge in [-0.3, -0.25) is 9.59 Å². The number of rotatable bonds is 5. The summed E-state index contributed by atoms with van der Waals surface area (Å²) in [6, 6.07) is 13.8. The van der Waals surface area contributed by atoms with Crippen molar-refractivity contribution in [2.75, 3.05) is 11.9 Å². The maximum Gasteiger partial charge on any atom is 0.416 e. The maximum absolute atomic E-state index is 12.9. The monoisotopic (exact) mass is 429 g/mol. The molecule has 0 aliphatic carbocycles. The molecule has 31 heavy (non-hydrogen) atoms. The van der Waals surface area contributed by atoms with Gasteiger partial charge in [0.05, 0.1) is 17.2 Å². The highest BCUT2D eigenvalue weighted by atomic mass is 19.4. The number of furan rings is 1. The number of alkyl halides is 3. The molecule has 2 heterocycles. The van der Waals surface area contributed by atoms with Crippen molar-refractivity contribution in [2.45, 2.75) is 6.18 Å². The average Bonchev–Trinajstić information content (AvgIpc) is 3.27. The van der Waals surface area contributed by atoms with Gasteiger partial charge in [0.2, 0.25) is 16.9 Å². The number of hydrogen-bond acceptors (Lipinski definition) is 5. The molecule has 2 aromatic carbocycles. The molecule has 4 aromatic rings. The summed E-state index contributed by atoms with van der Waals surface area (Å²) in [6.07, 6.45) is -3.16. The minimum atomic E-state index is -4.54. The summed E-state index contributed by atoms with van der Waals surface area (Å²) in [5, 5.41) is 2.56. The Morgan fingerprint density at radius 2 is 1.84 bits per heavy atom. The number of carbonyl (C=O) groups excluding carboxylic acids is 1. The number of hydrogen-bond donors (Lipinski definition) is 1. The van der Waals surface area contributed by atoms with Crippen molar-refractivity contribution in [3.63, 3.8) is 0 Å². The number of nitrogens with one attached hydrogen (secondary N) is 1. The first-order valence-electron chi connectivity index (χ1n) is 9.02. The van der Waals surface area contributed by atoms with E-state index in [1.807, 2.05) is 0 Å². The van der Waals surface area contributed by atoms with E-state index < -0.39 is 29.7 Å². The molecule has 0 saturated carbocycles. The van der Waals surface area contributed by atoms with Crippen molar-refractivity contribution >= 4 is 22.6 Å². The van der Waals surface area contributed by atoms with Gasteiger partial charge in [0.1, 0.15) is 5.58 Å². The highest BCUT2D eigenvalue weighted by molar-refractivity contribution is 5.92. The van der Waals surface area contributed by atoms with Gasteiger partial charge >= 0.3 is 6.18 Å². The number of halogens is 3. The maximum atomic E-state index is 12.9. The van der Waals surface area contributed by atoms with Crippen molar-refractivity contribution in [2.24, 2.45) is 0 Å². The summed E-state index contributed by atoms with van der Waals surface area (Å²) < 4.78 is 55.0. The fourth-order valence-electron chi connectivity index (χ4n) is 2.93. The Hall–Kier alpha value is -4.01. The average molecular weight is 429 g/mol. The number of carbonyl (C=O) groups is 1. The summed E-state index contributed by atoms with van der Waals surface area (Å²) in [7, 11) is 0. The SMILES string of the molecule is O=C(COc1c(-c2ccco2)oc2ccccc2c1=O)Nc1cccc(C(F)(F)F)c1. The number of amides is 1. The minimum Gasteiger partial charge on any atom is -0.476 e. The molecule has 0 bridgehead atoms. The normalized spacial score (nSPS) is 11.5. The highest BCUT2D eigenvalue weighted by Gasteiger charge is 2.30. The van der Waals surface area contributed by atoms with Crippen molar-refractivity contribution in [1.82, 2.24) is 0 Å². The van der Waals surface area contributed by atoms with E-state index in [1.165, 1.54) is 18.4 Å². The lowest BCUT2D eigenvalue weighted by molar-refractivity contribution is -0.137. The molecule has 0 unspecified atom stereocenters. The number of ether oxygens (including phenoxy) is 1. The zero-order chi connectivity index (χ0) is 22.0. The molecule has 0 aliphatic heterocycles. The Bertz CT molecular complexity index is 1290. The molecule has 0 saturated heterocycles. The fourth-order valence-corrected chi connectivity index (χ4v) is 2.93. The lowest BCUT2D eigenvalue weighted by Crippen LogP contribution is -2.23. The molecule has 0 fully saturated rings. The third-order valence-corrected chi connectivity index (χ3v) is 4.32. The van der Waals surface area contributed by atoms with Crippen LogP contribution in [0.15, 0.2) is 80.6 Å². The molecule has 1 amide bonds. The molecule has 9 heteroatoms. The summed E-state index contributed by atoms with van der Waals surface area (Å²) in [5.74, 6) is -0.776. The van der Waals surface area contributed by atoms with Gasteiger partial charge in [0.15, 0.2) is 12.4 Å². The molecule has 158 valence electrons. The molecule has 0 radical (unpaired) electrons. The zero-order valence-corrected chi connectivity index (χ0v) is 15.7. The van der Waals surface area contributed by atoms with E-state index in [4.69, 9.17) is 13.6 Å². The Balaban J connectivity index is 1.59. The van der Waals surface area contributed by atoms with Gasteiger partial charge in [-0.05, 0) is 42.5 Å². The van der Waals surface area contributed by atoms with Gasteiger partial charge < -0.3 is 18.9 Å². The predicted octanol–water partition coefficient (Wildman–Crippen LogP) is 5.09. The van der Waals surface area contributed by atoms with Gasteiger partial charge in [-0.1, -0.05) is 18.2 Å². The van der Waals surface area contributed by atoms with E-state index in [0.29, 0.717) is 5.58 Å². The van der Waals surface area contributed by atoms with Crippen molar-refractivity contribution < 1.29 is 31.5 Å². The molecule has 1 N–H and O–H groups in total. The van der Waals surface area contributed by atoms with Crippen LogP contribution in [-0.2, 0) is 11.0 Å². The van der Waals surface area contributed by atoms with E-state index >= 15 is 0 Å². The van der Waals surface area contributed by atoms with Crippen LogP contribution < -0.4 is 15.5 Å². The van der Waals surface area contributed by atoms with Gasteiger partial charge in [-0.25, -0.2) is 0 Å². The van der Waals surface area contributed by atoms with Gasteiger partial charge in [-0.2, -0.15) is 13.2 Å². The second kappa shape index (κ2) is 8.02. The Labute approximate surface area is 172 Å². The first-order chi connectivity index (χ1) is 14.8. The number of anilines is 1. The molecule has 2 aromatic heterocycles. The van der Waals surface area contributed by atoms with Crippen LogP contribution in [0.5, 0.6) is 5.75 Å². The van der Waals surface area contributed by atoms with E-state index in [2.05, 4.69) is 5.32 Å². The quantitative estimate of drug-likeness (QED) is 0.478. The summed E-state index contributed by atoms with van der Waals surface area (Å²) in [5.41, 5.74) is -1.17. The predicted molar refractivity (Wildman–Crippen MR) is 106 cm³/mol. The standard InChI is InChI=1S/C22H14F3NO5/c23-22(24,25)13-5-3-6-14(11-13)26-18(27)12-30-21-19(28)15-7-1-2-8-16(15)31-20(21)17-9-4-10-29-17/h1-11H,12H2,(H,26,27). The number of benzene rings is 2. The van der Waals surface area contributed by atoms with Crippen LogP contribution in [0.4, 0.5) is 18.9 Å². The van der Waals surface area contributed by atoms with E-state index in [-0.39, 0.29) is 28.3 Å². The lowest BCUT2D eigenvalue weighted by atomic mass is 10.2. The number of para-hydroxylation sites is 1. The van der Waals surface area contributed by atoms with Crippen molar-refractivity contribution in [3.8, 4) is 17.3 Å². The minimum absolute atomic E-state index is 0.000527. The van der Waals surface area contributed by atoms with Crippen LogP contribution in [0.1, 0.15) is 5.56 Å². The molecular weight excluding hydrogens is 415 g/mol. The topological polar surface area (TPSA) is 81.7 Å². The van der Waals surface area contributed by atoms with Crippen LogP contribution in [0.2, 0.25) is 0 Å². The molecule has 0 atom stereocenters. The summed E-state index contributed by atoms with van der Waals surface area (Å²) in [4.78, 5) is 25.1. The molecule has 0 spiro atoms. The Morgan fingerprint density at radius 3 is 2.58 bits per heavy atom. The van der Waals surface area contributed by atoms with Crippen LogP contribution in [0.3, 0.4) is 0 Å². The summed E-state index contributed by atoms with van der Waals surface area (Å²) in [6.45, 7) is -0.632. The largest absolute Gasteiger partial charge is 0.476 e. The van der Waals surface area contributed by atoms with Crippen molar-refractivity contribution in [1.29, 1.82) is 0 Å². The number of fused-ring (bicyclic) bond motifs is 1. The van der Waals surface area contributed by atoms with Gasteiger partial charge in [0, 0.05) is 5.69 Å². The van der Waals surface area contributed by atoms with Crippen LogP contribution in [0.25, 0.3) is 22.5 Å².